The number of nitrogens with one attached hydrogen (secondary N) is 1. The van der Waals surface area contributed by atoms with Gasteiger partial charge >= 0.3 is 5.97 Å². The lowest BCUT2D eigenvalue weighted by Gasteiger charge is -2.35. The van der Waals surface area contributed by atoms with E-state index in [-0.39, 0.29) is 5.56 Å². The first-order valence-corrected chi connectivity index (χ1v) is 9.28. The highest BCUT2D eigenvalue weighted by Gasteiger charge is 2.19. The molecule has 0 bridgehead atoms. The minimum Gasteiger partial charge on any atom is -0.478 e. The highest BCUT2D eigenvalue weighted by molar-refractivity contribution is 5.91. The molecule has 0 atom stereocenters. The molecule has 1 aromatic carbocycles. The smallest absolute Gasteiger partial charge is 0.335 e. The first-order valence-electron chi connectivity index (χ1n) is 9.28. The second-order valence-corrected chi connectivity index (χ2v) is 6.86. The average molecular weight is 391 g/mol. The summed E-state index contributed by atoms with van der Waals surface area (Å²) >= 11 is 0. The Hall–Kier alpha value is -3.59. The number of carboxylic acid groups (broad SMARTS) is 1. The van der Waals surface area contributed by atoms with Crippen molar-refractivity contribution in [2.24, 2.45) is 0 Å². The summed E-state index contributed by atoms with van der Waals surface area (Å²) in [6.07, 6.45) is 4.93. The zero-order valence-electron chi connectivity index (χ0n) is 16.0. The van der Waals surface area contributed by atoms with Crippen molar-refractivity contribution in [1.82, 2.24) is 25.1 Å². The maximum Gasteiger partial charge on any atom is 0.335 e. The number of hydrogen-bond donors (Lipinski definition) is 2. The quantitative estimate of drug-likeness (QED) is 0.676. The van der Waals surface area contributed by atoms with E-state index in [2.05, 4.69) is 42.3 Å². The predicted molar refractivity (Wildman–Crippen MR) is 109 cm³/mol. The van der Waals surface area contributed by atoms with Gasteiger partial charge in [0, 0.05) is 50.3 Å². The molecule has 3 aromatic rings. The van der Waals surface area contributed by atoms with Crippen LogP contribution in [0, 0.1) is 0 Å². The fourth-order valence-electron chi connectivity index (χ4n) is 3.19. The number of rotatable bonds is 5. The molecule has 9 heteroatoms. The Labute approximate surface area is 168 Å². The van der Waals surface area contributed by atoms with Crippen molar-refractivity contribution >= 4 is 23.3 Å². The fourth-order valence-corrected chi connectivity index (χ4v) is 3.19. The third-order valence-electron chi connectivity index (χ3n) is 4.85. The summed E-state index contributed by atoms with van der Waals surface area (Å²) in [5, 5.41) is 20.5. The van der Waals surface area contributed by atoms with E-state index in [0.717, 1.165) is 37.4 Å². The van der Waals surface area contributed by atoms with Crippen LogP contribution in [0.4, 0.5) is 17.3 Å². The Balaban J connectivity index is 1.61. The van der Waals surface area contributed by atoms with E-state index >= 15 is 0 Å². The molecule has 0 amide bonds. The third kappa shape index (κ3) is 4.30. The number of carboxylic acids is 1. The number of nitrogens with zero attached hydrogens (tertiary/aromatic N) is 6. The van der Waals surface area contributed by atoms with Crippen LogP contribution in [0.3, 0.4) is 0 Å². The van der Waals surface area contributed by atoms with E-state index in [1.54, 1.807) is 36.8 Å². The molecule has 1 aliphatic rings. The van der Waals surface area contributed by atoms with Crippen LogP contribution in [0.5, 0.6) is 0 Å². The first kappa shape index (κ1) is 18.8. The number of carbonyl (C=O) groups is 1. The topological polar surface area (TPSA) is 107 Å². The van der Waals surface area contributed by atoms with Gasteiger partial charge in [0.15, 0.2) is 0 Å². The second kappa shape index (κ2) is 8.19. The molecule has 0 unspecified atom stereocenters. The van der Waals surface area contributed by atoms with Crippen LogP contribution < -0.4 is 10.2 Å². The fraction of sp³-hybridized carbons (Fsp3) is 0.250. The van der Waals surface area contributed by atoms with Crippen molar-refractivity contribution in [3.8, 4) is 11.3 Å². The van der Waals surface area contributed by atoms with Crippen molar-refractivity contribution in [2.75, 3.05) is 43.4 Å². The zero-order chi connectivity index (χ0) is 20.2. The Morgan fingerprint density at radius 1 is 1.10 bits per heavy atom. The molecular formula is C20H21N7O2. The summed E-state index contributed by atoms with van der Waals surface area (Å²) in [6, 6.07) is 8.72. The van der Waals surface area contributed by atoms with E-state index in [9.17, 15) is 9.90 Å². The monoisotopic (exact) mass is 391 g/mol. The molecule has 29 heavy (non-hydrogen) atoms. The predicted octanol–water partition coefficient (Wildman–Crippen LogP) is 2.13. The van der Waals surface area contributed by atoms with E-state index in [4.69, 9.17) is 0 Å². The van der Waals surface area contributed by atoms with Gasteiger partial charge in [-0.1, -0.05) is 0 Å². The van der Waals surface area contributed by atoms with E-state index < -0.39 is 5.97 Å². The number of anilines is 3. The third-order valence-corrected chi connectivity index (χ3v) is 4.85. The van der Waals surface area contributed by atoms with Gasteiger partial charge in [-0.3, -0.25) is 0 Å². The molecule has 0 aliphatic carbocycles. The van der Waals surface area contributed by atoms with E-state index in [1.165, 1.54) is 0 Å². The Kier molecular flexibility index (Phi) is 5.30. The number of piperazine rings is 1. The average Bonchev–Trinajstić information content (AvgIpc) is 2.75. The van der Waals surface area contributed by atoms with Gasteiger partial charge < -0.3 is 20.2 Å². The number of hydrogen-bond acceptors (Lipinski definition) is 8. The van der Waals surface area contributed by atoms with Crippen molar-refractivity contribution in [2.45, 2.75) is 0 Å². The van der Waals surface area contributed by atoms with Crippen molar-refractivity contribution in [1.29, 1.82) is 0 Å². The molecule has 2 N–H and O–H groups in total. The largest absolute Gasteiger partial charge is 0.478 e. The van der Waals surface area contributed by atoms with Crippen LogP contribution >= 0.6 is 0 Å². The van der Waals surface area contributed by atoms with Gasteiger partial charge in [-0.15, -0.1) is 0 Å². The van der Waals surface area contributed by atoms with Gasteiger partial charge in [0.1, 0.15) is 0 Å². The summed E-state index contributed by atoms with van der Waals surface area (Å²) in [5.74, 6) is -0.590. The molecule has 1 saturated heterocycles. The summed E-state index contributed by atoms with van der Waals surface area (Å²) in [5.41, 5.74) is 3.25. The molecule has 1 aliphatic heterocycles. The van der Waals surface area contributed by atoms with Crippen LogP contribution in [0.2, 0.25) is 0 Å². The lowest BCUT2D eigenvalue weighted by atomic mass is 10.1. The number of benzene rings is 1. The summed E-state index contributed by atoms with van der Waals surface area (Å²) in [7, 11) is 2.09. The lowest BCUT2D eigenvalue weighted by molar-refractivity contribution is 0.0697. The SMILES string of the molecule is CN1CCN(c2ccc(C(=O)O)cc2Nc2ncc(-c3cccnn3)cn2)CC1. The van der Waals surface area contributed by atoms with Crippen LogP contribution in [0.1, 0.15) is 10.4 Å². The van der Waals surface area contributed by atoms with Gasteiger partial charge in [0.25, 0.3) is 0 Å². The Bertz CT molecular complexity index is 987. The van der Waals surface area contributed by atoms with Crippen LogP contribution in [0.15, 0.2) is 48.9 Å². The molecule has 0 saturated carbocycles. The zero-order valence-corrected chi connectivity index (χ0v) is 16.0. The highest BCUT2D eigenvalue weighted by Crippen LogP contribution is 2.30. The maximum atomic E-state index is 11.4. The number of aromatic carboxylic acids is 1. The van der Waals surface area contributed by atoms with E-state index in [1.807, 2.05) is 12.1 Å². The molecule has 0 radical (unpaired) electrons. The van der Waals surface area contributed by atoms with Crippen LogP contribution in [0.25, 0.3) is 11.3 Å². The normalized spacial score (nSPS) is 14.6. The van der Waals surface area contributed by atoms with Gasteiger partial charge in [0.2, 0.25) is 5.95 Å². The minimum atomic E-state index is -0.975. The molecule has 9 nitrogen and oxygen atoms in total. The second-order valence-electron chi connectivity index (χ2n) is 6.86. The number of aromatic nitrogens is 4. The molecule has 4 rings (SSSR count). The lowest BCUT2D eigenvalue weighted by Crippen LogP contribution is -2.44. The van der Waals surface area contributed by atoms with E-state index in [0.29, 0.717) is 17.3 Å². The van der Waals surface area contributed by atoms with Crippen LogP contribution in [-0.2, 0) is 0 Å². The summed E-state index contributed by atoms with van der Waals surface area (Å²) < 4.78 is 0. The van der Waals surface area contributed by atoms with Gasteiger partial charge in [-0.2, -0.15) is 10.2 Å². The van der Waals surface area contributed by atoms with Crippen molar-refractivity contribution in [3.63, 3.8) is 0 Å². The summed E-state index contributed by atoms with van der Waals surface area (Å²) in [4.78, 5) is 24.7. The van der Waals surface area contributed by atoms with Crippen molar-refractivity contribution < 1.29 is 9.90 Å². The van der Waals surface area contributed by atoms with Gasteiger partial charge in [-0.05, 0) is 37.4 Å². The highest BCUT2D eigenvalue weighted by atomic mass is 16.4. The van der Waals surface area contributed by atoms with Gasteiger partial charge in [0.05, 0.1) is 22.6 Å². The maximum absolute atomic E-state index is 11.4. The summed E-state index contributed by atoms with van der Waals surface area (Å²) in [6.45, 7) is 3.63. The molecular weight excluding hydrogens is 370 g/mol. The molecule has 3 heterocycles. The van der Waals surface area contributed by atoms with Crippen LogP contribution in [-0.4, -0.2) is 69.4 Å². The first-order chi connectivity index (χ1) is 14.1. The van der Waals surface area contributed by atoms with Crippen molar-refractivity contribution in [3.05, 3.63) is 54.5 Å². The van der Waals surface area contributed by atoms with Gasteiger partial charge in [-0.25, -0.2) is 14.8 Å². The molecule has 148 valence electrons. The molecule has 0 spiro atoms. The Morgan fingerprint density at radius 2 is 1.86 bits per heavy atom. The molecule has 1 fully saturated rings. The Morgan fingerprint density at radius 3 is 2.52 bits per heavy atom. The molecule has 2 aromatic heterocycles. The minimum absolute atomic E-state index is 0.210. The number of likely N-dealkylation sites (N-methyl/N-ethyl adjacent to an activating group) is 1. The standard InChI is InChI=1S/C20H21N7O2/c1-26-7-9-27(10-8-26)18-5-4-14(19(28)29)11-17(18)24-20-21-12-15(13-22-20)16-3-2-6-23-25-16/h2-6,11-13H,7-10H2,1H3,(H,28,29)(H,21,22,24).